The number of benzene rings is 1. The van der Waals surface area contributed by atoms with E-state index in [0.29, 0.717) is 6.04 Å². The SMILES string of the molecule is CC(C)(C)c1ccc(NC[C@H]2CC[C@@H](N)CC2)cc1. The maximum atomic E-state index is 5.94. The standard InChI is InChI=1S/C17H28N2/c1-17(2,3)14-6-10-16(11-7-14)19-12-13-4-8-15(18)9-5-13/h6-7,10-11,13,15,19H,4-5,8-9,12,18H2,1-3H3/t13-,15+. The molecule has 0 aliphatic heterocycles. The van der Waals surface area contributed by atoms with Gasteiger partial charge in [-0.2, -0.15) is 0 Å². The first-order chi connectivity index (χ1) is 8.95. The van der Waals surface area contributed by atoms with Crippen molar-refractivity contribution in [1.82, 2.24) is 0 Å². The van der Waals surface area contributed by atoms with E-state index in [9.17, 15) is 0 Å². The first-order valence-electron chi connectivity index (χ1n) is 7.55. The molecule has 1 aliphatic rings. The second-order valence-corrected chi connectivity index (χ2v) is 6.99. The van der Waals surface area contributed by atoms with Gasteiger partial charge in [-0.15, -0.1) is 0 Å². The van der Waals surface area contributed by atoms with E-state index in [1.165, 1.54) is 36.9 Å². The fourth-order valence-corrected chi connectivity index (χ4v) is 2.74. The van der Waals surface area contributed by atoms with Crippen LogP contribution in [0.1, 0.15) is 52.0 Å². The summed E-state index contributed by atoms with van der Waals surface area (Å²) in [7, 11) is 0. The number of hydrogen-bond donors (Lipinski definition) is 2. The van der Waals surface area contributed by atoms with Gasteiger partial charge >= 0.3 is 0 Å². The van der Waals surface area contributed by atoms with Gasteiger partial charge in [0.05, 0.1) is 0 Å². The van der Waals surface area contributed by atoms with E-state index < -0.39 is 0 Å². The van der Waals surface area contributed by atoms with Gasteiger partial charge in [0.2, 0.25) is 0 Å². The molecule has 1 aromatic carbocycles. The van der Waals surface area contributed by atoms with Crippen molar-refractivity contribution in [2.75, 3.05) is 11.9 Å². The molecule has 2 rings (SSSR count). The maximum absolute atomic E-state index is 5.94. The Morgan fingerprint density at radius 1 is 1.05 bits per heavy atom. The molecule has 2 heteroatoms. The van der Waals surface area contributed by atoms with Crippen LogP contribution in [0, 0.1) is 5.92 Å². The highest BCUT2D eigenvalue weighted by Crippen LogP contribution is 2.25. The van der Waals surface area contributed by atoms with Crippen molar-refractivity contribution in [2.45, 2.75) is 57.9 Å². The summed E-state index contributed by atoms with van der Waals surface area (Å²) in [5.41, 5.74) is 8.80. The van der Waals surface area contributed by atoms with Crippen molar-refractivity contribution in [3.05, 3.63) is 29.8 Å². The molecule has 0 bridgehead atoms. The largest absolute Gasteiger partial charge is 0.385 e. The van der Waals surface area contributed by atoms with Gasteiger partial charge in [0.25, 0.3) is 0 Å². The molecule has 106 valence electrons. The number of nitrogens with two attached hydrogens (primary N) is 1. The van der Waals surface area contributed by atoms with Crippen LogP contribution < -0.4 is 11.1 Å². The van der Waals surface area contributed by atoms with E-state index in [2.05, 4.69) is 50.4 Å². The number of anilines is 1. The molecule has 0 amide bonds. The van der Waals surface area contributed by atoms with Crippen LogP contribution in [0.2, 0.25) is 0 Å². The minimum Gasteiger partial charge on any atom is -0.385 e. The monoisotopic (exact) mass is 260 g/mol. The van der Waals surface area contributed by atoms with Crippen LogP contribution in [0.4, 0.5) is 5.69 Å². The fraction of sp³-hybridized carbons (Fsp3) is 0.647. The van der Waals surface area contributed by atoms with Crippen molar-refractivity contribution in [3.63, 3.8) is 0 Å². The predicted octanol–water partition coefficient (Wildman–Crippen LogP) is 3.91. The van der Waals surface area contributed by atoms with Gasteiger partial charge < -0.3 is 11.1 Å². The van der Waals surface area contributed by atoms with E-state index in [1.54, 1.807) is 0 Å². The third kappa shape index (κ3) is 4.24. The molecule has 0 saturated heterocycles. The van der Waals surface area contributed by atoms with Crippen LogP contribution in [0.25, 0.3) is 0 Å². The van der Waals surface area contributed by atoms with Crippen LogP contribution in [-0.4, -0.2) is 12.6 Å². The lowest BCUT2D eigenvalue weighted by Crippen LogP contribution is -2.29. The van der Waals surface area contributed by atoms with E-state index in [1.807, 2.05) is 0 Å². The highest BCUT2D eigenvalue weighted by atomic mass is 14.9. The van der Waals surface area contributed by atoms with Gasteiger partial charge in [0, 0.05) is 18.3 Å². The molecule has 1 aromatic rings. The summed E-state index contributed by atoms with van der Waals surface area (Å²) in [6.07, 6.45) is 4.92. The summed E-state index contributed by atoms with van der Waals surface area (Å²) >= 11 is 0. The Hall–Kier alpha value is -1.02. The van der Waals surface area contributed by atoms with Crippen LogP contribution in [0.15, 0.2) is 24.3 Å². The molecule has 2 nitrogen and oxygen atoms in total. The number of hydrogen-bond acceptors (Lipinski definition) is 2. The summed E-state index contributed by atoms with van der Waals surface area (Å²) in [5.74, 6) is 0.794. The molecule has 1 aliphatic carbocycles. The van der Waals surface area contributed by atoms with Crippen LogP contribution in [0.5, 0.6) is 0 Å². The molecular formula is C17H28N2. The van der Waals surface area contributed by atoms with E-state index >= 15 is 0 Å². The molecule has 0 aromatic heterocycles. The molecule has 0 radical (unpaired) electrons. The predicted molar refractivity (Wildman–Crippen MR) is 83.6 cm³/mol. The van der Waals surface area contributed by atoms with Gasteiger partial charge in [-0.1, -0.05) is 32.9 Å². The second-order valence-electron chi connectivity index (χ2n) is 6.99. The molecule has 19 heavy (non-hydrogen) atoms. The number of rotatable bonds is 3. The van der Waals surface area contributed by atoms with Crippen LogP contribution in [-0.2, 0) is 5.41 Å². The summed E-state index contributed by atoms with van der Waals surface area (Å²) in [6, 6.07) is 9.32. The Labute approximate surface area is 117 Å². The van der Waals surface area contributed by atoms with Crippen molar-refractivity contribution in [2.24, 2.45) is 11.7 Å². The lowest BCUT2D eigenvalue weighted by atomic mass is 9.86. The average Bonchev–Trinajstić information content (AvgIpc) is 2.37. The van der Waals surface area contributed by atoms with Crippen molar-refractivity contribution < 1.29 is 0 Å². The van der Waals surface area contributed by atoms with Gasteiger partial charge in [0.15, 0.2) is 0 Å². The van der Waals surface area contributed by atoms with Gasteiger partial charge in [-0.05, 0) is 54.7 Å². The third-order valence-corrected chi connectivity index (χ3v) is 4.24. The van der Waals surface area contributed by atoms with E-state index in [0.717, 1.165) is 12.5 Å². The zero-order valence-corrected chi connectivity index (χ0v) is 12.6. The van der Waals surface area contributed by atoms with Crippen LogP contribution in [0.3, 0.4) is 0 Å². The third-order valence-electron chi connectivity index (χ3n) is 4.24. The minimum absolute atomic E-state index is 0.234. The first kappa shape index (κ1) is 14.4. The Morgan fingerprint density at radius 2 is 1.63 bits per heavy atom. The lowest BCUT2D eigenvalue weighted by Gasteiger charge is -2.26. The lowest BCUT2D eigenvalue weighted by molar-refractivity contribution is 0.339. The van der Waals surface area contributed by atoms with Crippen molar-refractivity contribution in [1.29, 1.82) is 0 Å². The number of nitrogens with one attached hydrogen (secondary N) is 1. The van der Waals surface area contributed by atoms with Crippen molar-refractivity contribution >= 4 is 5.69 Å². The first-order valence-corrected chi connectivity index (χ1v) is 7.55. The summed E-state index contributed by atoms with van der Waals surface area (Å²) in [5, 5.41) is 3.57. The Balaban J connectivity index is 1.83. The molecule has 3 N–H and O–H groups in total. The Kier molecular flexibility index (Phi) is 4.51. The van der Waals surface area contributed by atoms with Gasteiger partial charge in [-0.3, -0.25) is 0 Å². The molecular weight excluding hydrogens is 232 g/mol. The molecule has 1 fully saturated rings. The normalized spacial score (nSPS) is 24.2. The smallest absolute Gasteiger partial charge is 0.0340 e. The average molecular weight is 260 g/mol. The molecule has 0 spiro atoms. The highest BCUT2D eigenvalue weighted by molar-refractivity contribution is 5.45. The maximum Gasteiger partial charge on any atom is 0.0340 e. The zero-order valence-electron chi connectivity index (χ0n) is 12.6. The van der Waals surface area contributed by atoms with Crippen LogP contribution >= 0.6 is 0 Å². The van der Waals surface area contributed by atoms with Gasteiger partial charge in [-0.25, -0.2) is 0 Å². The molecule has 0 atom stereocenters. The van der Waals surface area contributed by atoms with E-state index in [4.69, 9.17) is 5.73 Å². The molecule has 0 unspecified atom stereocenters. The molecule has 1 saturated carbocycles. The summed E-state index contributed by atoms with van der Waals surface area (Å²) < 4.78 is 0. The highest BCUT2D eigenvalue weighted by Gasteiger charge is 2.18. The van der Waals surface area contributed by atoms with E-state index in [-0.39, 0.29) is 5.41 Å². The minimum atomic E-state index is 0.234. The van der Waals surface area contributed by atoms with Gasteiger partial charge in [0.1, 0.15) is 0 Å². The Bertz CT molecular complexity index is 381. The second kappa shape index (κ2) is 5.96. The van der Waals surface area contributed by atoms with Crippen molar-refractivity contribution in [3.8, 4) is 0 Å². The zero-order chi connectivity index (χ0) is 13.9. The Morgan fingerprint density at radius 3 is 2.16 bits per heavy atom. The topological polar surface area (TPSA) is 38.0 Å². The summed E-state index contributed by atoms with van der Waals surface area (Å²) in [4.78, 5) is 0. The quantitative estimate of drug-likeness (QED) is 0.864. The summed E-state index contributed by atoms with van der Waals surface area (Å²) in [6.45, 7) is 7.84. The molecule has 0 heterocycles. The fourth-order valence-electron chi connectivity index (χ4n) is 2.74.